The maximum atomic E-state index is 5.40. The Morgan fingerprint density at radius 1 is 1.27 bits per heavy atom. The van der Waals surface area contributed by atoms with E-state index in [9.17, 15) is 0 Å². The Hall–Kier alpha value is -0.900. The molecule has 0 heterocycles. The molecule has 0 spiro atoms. The lowest BCUT2D eigenvalue weighted by molar-refractivity contribution is -0.0160. The van der Waals surface area contributed by atoms with Gasteiger partial charge in [-0.2, -0.15) is 5.48 Å². The molecule has 0 aromatic heterocycles. The maximum absolute atomic E-state index is 5.40. The van der Waals surface area contributed by atoms with E-state index >= 15 is 0 Å². The first-order chi connectivity index (χ1) is 7.36. The summed E-state index contributed by atoms with van der Waals surface area (Å²) in [6.45, 7) is 3.36. The molecule has 3 nitrogen and oxygen atoms in total. The van der Waals surface area contributed by atoms with Crippen molar-refractivity contribution in [2.45, 2.75) is 26.0 Å². The number of benzene rings is 1. The van der Waals surface area contributed by atoms with Crippen LogP contribution in [0.25, 0.3) is 0 Å². The molecule has 0 saturated carbocycles. The minimum Gasteiger partial charge on any atom is -0.383 e. The van der Waals surface area contributed by atoms with Crippen LogP contribution in [-0.4, -0.2) is 19.8 Å². The predicted octanol–water partition coefficient (Wildman–Crippen LogP) is 2.13. The van der Waals surface area contributed by atoms with Crippen LogP contribution >= 0.6 is 0 Å². The average Bonchev–Trinajstić information content (AvgIpc) is 2.29. The van der Waals surface area contributed by atoms with Crippen LogP contribution in [0.2, 0.25) is 0 Å². The standard InChI is InChI=1S/C12H19NO2/c1-3-12(10-14-2)13-15-9-11-7-5-4-6-8-11/h4-8,12-13H,3,9-10H2,1-2H3. The number of hydrogen-bond acceptors (Lipinski definition) is 3. The van der Waals surface area contributed by atoms with Gasteiger partial charge in [0.25, 0.3) is 0 Å². The van der Waals surface area contributed by atoms with Crippen molar-refractivity contribution in [1.29, 1.82) is 0 Å². The van der Waals surface area contributed by atoms with Gasteiger partial charge in [0.2, 0.25) is 0 Å². The van der Waals surface area contributed by atoms with E-state index < -0.39 is 0 Å². The molecule has 0 saturated heterocycles. The van der Waals surface area contributed by atoms with E-state index in [1.807, 2.05) is 30.3 Å². The average molecular weight is 209 g/mol. The quantitative estimate of drug-likeness (QED) is 0.698. The molecule has 1 aromatic carbocycles. The van der Waals surface area contributed by atoms with Gasteiger partial charge in [-0.05, 0) is 12.0 Å². The van der Waals surface area contributed by atoms with Crippen molar-refractivity contribution in [2.75, 3.05) is 13.7 Å². The van der Waals surface area contributed by atoms with E-state index in [1.165, 1.54) is 0 Å². The third kappa shape index (κ3) is 4.93. The fourth-order valence-electron chi connectivity index (χ4n) is 1.25. The van der Waals surface area contributed by atoms with Gasteiger partial charge in [0.15, 0.2) is 0 Å². The summed E-state index contributed by atoms with van der Waals surface area (Å²) in [6, 6.07) is 10.4. The normalized spacial score (nSPS) is 12.7. The van der Waals surface area contributed by atoms with Crippen LogP contribution in [0.1, 0.15) is 18.9 Å². The summed E-state index contributed by atoms with van der Waals surface area (Å²) in [6.07, 6.45) is 0.989. The molecule has 15 heavy (non-hydrogen) atoms. The number of ether oxygens (including phenoxy) is 1. The topological polar surface area (TPSA) is 30.5 Å². The fraction of sp³-hybridized carbons (Fsp3) is 0.500. The smallest absolute Gasteiger partial charge is 0.0933 e. The Kier molecular flexibility index (Phi) is 6.00. The summed E-state index contributed by atoms with van der Waals surface area (Å²) in [5, 5.41) is 0. The van der Waals surface area contributed by atoms with Crippen LogP contribution in [-0.2, 0) is 16.2 Å². The number of nitrogens with one attached hydrogen (secondary N) is 1. The van der Waals surface area contributed by atoms with Gasteiger partial charge in [-0.1, -0.05) is 37.3 Å². The Balaban J connectivity index is 2.20. The number of rotatable bonds is 7. The minimum absolute atomic E-state index is 0.263. The van der Waals surface area contributed by atoms with E-state index in [4.69, 9.17) is 9.57 Å². The molecule has 3 heteroatoms. The van der Waals surface area contributed by atoms with Gasteiger partial charge >= 0.3 is 0 Å². The van der Waals surface area contributed by atoms with Crippen LogP contribution < -0.4 is 5.48 Å². The summed E-state index contributed by atoms with van der Waals surface area (Å²) in [5.74, 6) is 0. The Bertz CT molecular complexity index is 251. The second-order valence-electron chi connectivity index (χ2n) is 3.45. The van der Waals surface area contributed by atoms with Crippen LogP contribution in [0, 0.1) is 0 Å². The Labute approximate surface area is 91.4 Å². The first-order valence-corrected chi connectivity index (χ1v) is 5.27. The molecule has 1 unspecified atom stereocenters. The summed E-state index contributed by atoms with van der Waals surface area (Å²) < 4.78 is 5.06. The van der Waals surface area contributed by atoms with Crippen LogP contribution in [0.15, 0.2) is 30.3 Å². The monoisotopic (exact) mass is 209 g/mol. The molecular formula is C12H19NO2. The largest absolute Gasteiger partial charge is 0.383 e. The first kappa shape index (κ1) is 12.2. The molecule has 0 bridgehead atoms. The molecule has 1 N–H and O–H groups in total. The minimum atomic E-state index is 0.263. The van der Waals surface area contributed by atoms with Crippen LogP contribution in [0.5, 0.6) is 0 Å². The molecule has 1 atom stereocenters. The maximum Gasteiger partial charge on any atom is 0.0933 e. The van der Waals surface area contributed by atoms with Gasteiger partial charge in [0.05, 0.1) is 19.3 Å². The highest BCUT2D eigenvalue weighted by molar-refractivity contribution is 5.13. The van der Waals surface area contributed by atoms with E-state index in [2.05, 4.69) is 12.4 Å². The fourth-order valence-corrected chi connectivity index (χ4v) is 1.25. The number of methoxy groups -OCH3 is 1. The molecule has 0 aliphatic heterocycles. The van der Waals surface area contributed by atoms with Crippen LogP contribution in [0.4, 0.5) is 0 Å². The van der Waals surface area contributed by atoms with Gasteiger partial charge in [0.1, 0.15) is 0 Å². The van der Waals surface area contributed by atoms with Gasteiger partial charge in [-0.3, -0.25) is 4.84 Å². The van der Waals surface area contributed by atoms with Gasteiger partial charge < -0.3 is 4.74 Å². The van der Waals surface area contributed by atoms with Crippen molar-refractivity contribution >= 4 is 0 Å². The highest BCUT2D eigenvalue weighted by Crippen LogP contribution is 2.00. The number of hydroxylamine groups is 1. The van der Waals surface area contributed by atoms with E-state index in [0.29, 0.717) is 13.2 Å². The van der Waals surface area contributed by atoms with Crippen LogP contribution in [0.3, 0.4) is 0 Å². The van der Waals surface area contributed by atoms with Crippen molar-refractivity contribution < 1.29 is 9.57 Å². The summed E-state index contributed by atoms with van der Waals surface area (Å²) >= 11 is 0. The summed E-state index contributed by atoms with van der Waals surface area (Å²) in [4.78, 5) is 5.40. The molecule has 0 aliphatic carbocycles. The van der Waals surface area contributed by atoms with E-state index in [-0.39, 0.29) is 6.04 Å². The third-order valence-electron chi connectivity index (χ3n) is 2.19. The molecule has 0 radical (unpaired) electrons. The zero-order valence-corrected chi connectivity index (χ0v) is 9.40. The first-order valence-electron chi connectivity index (χ1n) is 5.27. The van der Waals surface area contributed by atoms with Gasteiger partial charge in [0, 0.05) is 7.11 Å². The van der Waals surface area contributed by atoms with Crippen molar-refractivity contribution in [3.63, 3.8) is 0 Å². The molecular weight excluding hydrogens is 190 g/mol. The molecule has 1 rings (SSSR count). The summed E-state index contributed by atoms with van der Waals surface area (Å²) in [7, 11) is 1.70. The lowest BCUT2D eigenvalue weighted by Gasteiger charge is -2.15. The SMILES string of the molecule is CCC(COC)NOCc1ccccc1. The van der Waals surface area contributed by atoms with Crippen molar-refractivity contribution in [1.82, 2.24) is 5.48 Å². The van der Waals surface area contributed by atoms with E-state index in [0.717, 1.165) is 12.0 Å². The molecule has 1 aromatic rings. The van der Waals surface area contributed by atoms with E-state index in [1.54, 1.807) is 7.11 Å². The zero-order valence-electron chi connectivity index (χ0n) is 9.40. The van der Waals surface area contributed by atoms with Gasteiger partial charge in [-0.25, -0.2) is 0 Å². The molecule has 84 valence electrons. The molecule has 0 aliphatic rings. The Morgan fingerprint density at radius 2 is 2.00 bits per heavy atom. The Morgan fingerprint density at radius 3 is 2.60 bits per heavy atom. The summed E-state index contributed by atoms with van der Waals surface area (Å²) in [5.41, 5.74) is 4.16. The zero-order chi connectivity index (χ0) is 10.9. The van der Waals surface area contributed by atoms with Crippen molar-refractivity contribution in [2.24, 2.45) is 0 Å². The second kappa shape index (κ2) is 7.40. The van der Waals surface area contributed by atoms with Crippen molar-refractivity contribution in [3.8, 4) is 0 Å². The molecule has 0 amide bonds. The highest BCUT2D eigenvalue weighted by atomic mass is 16.6. The van der Waals surface area contributed by atoms with Crippen molar-refractivity contribution in [3.05, 3.63) is 35.9 Å². The highest BCUT2D eigenvalue weighted by Gasteiger charge is 2.04. The lowest BCUT2D eigenvalue weighted by Crippen LogP contribution is -2.32. The number of hydrogen-bond donors (Lipinski definition) is 1. The van der Waals surface area contributed by atoms with Gasteiger partial charge in [-0.15, -0.1) is 0 Å². The predicted molar refractivity (Wildman–Crippen MR) is 60.3 cm³/mol. The molecule has 0 fully saturated rings. The third-order valence-corrected chi connectivity index (χ3v) is 2.19. The lowest BCUT2D eigenvalue weighted by atomic mass is 10.2. The second-order valence-corrected chi connectivity index (χ2v) is 3.45.